The molecule has 28 heavy (non-hydrogen) atoms. The van der Waals surface area contributed by atoms with Gasteiger partial charge >= 0.3 is 12.1 Å². The molecule has 1 aromatic heterocycles. The van der Waals surface area contributed by atoms with Crippen LogP contribution in [-0.2, 0) is 26.0 Å². The Balaban J connectivity index is 2.16. The van der Waals surface area contributed by atoms with Crippen molar-refractivity contribution >= 4 is 22.1 Å². The van der Waals surface area contributed by atoms with Gasteiger partial charge in [-0.15, -0.1) is 0 Å². The van der Waals surface area contributed by atoms with Crippen molar-refractivity contribution in [3.8, 4) is 0 Å². The molecule has 0 saturated carbocycles. The summed E-state index contributed by atoms with van der Waals surface area (Å²) in [5.74, 6) is -1.29. The number of hydrogen-bond donors (Lipinski definition) is 2. The summed E-state index contributed by atoms with van der Waals surface area (Å²) in [5, 5.41) is 11.6. The Morgan fingerprint density at radius 3 is 2.39 bits per heavy atom. The molecule has 2 rings (SSSR count). The van der Waals surface area contributed by atoms with Crippen LogP contribution in [0.25, 0.3) is 0 Å². The highest BCUT2D eigenvalue weighted by Gasteiger charge is 2.26. The fourth-order valence-corrected chi connectivity index (χ4v) is 3.43. The van der Waals surface area contributed by atoms with Crippen molar-refractivity contribution in [2.45, 2.75) is 50.7 Å². The lowest BCUT2D eigenvalue weighted by molar-refractivity contribution is -0.139. The van der Waals surface area contributed by atoms with Gasteiger partial charge in [-0.05, 0) is 39.8 Å². The first kappa shape index (κ1) is 21.4. The van der Waals surface area contributed by atoms with Gasteiger partial charge in [0.15, 0.2) is 0 Å². The minimum atomic E-state index is -3.84. The number of carbonyl (C=O) groups is 2. The Kier molecular flexibility index (Phi) is 6.13. The number of alkyl carbamates (subject to hydrolysis) is 1. The number of nitrogens with one attached hydrogen (secondary N) is 1. The van der Waals surface area contributed by atoms with Crippen LogP contribution in [0.4, 0.5) is 4.79 Å². The summed E-state index contributed by atoms with van der Waals surface area (Å²) in [6, 6.07) is 5.00. The summed E-state index contributed by atoms with van der Waals surface area (Å²) in [5.41, 5.74) is 0.332. The first-order valence-electron chi connectivity index (χ1n) is 8.46. The number of ether oxygens (including phenoxy) is 1. The fraction of sp³-hybridized carbons (Fsp3) is 0.389. The molecule has 0 bridgehead atoms. The minimum Gasteiger partial charge on any atom is -0.480 e. The van der Waals surface area contributed by atoms with Gasteiger partial charge in [-0.2, -0.15) is 0 Å². The Hall–Kier alpha value is -2.88. The summed E-state index contributed by atoms with van der Waals surface area (Å²) >= 11 is 0. The molecule has 1 heterocycles. The summed E-state index contributed by atoms with van der Waals surface area (Å²) in [7, 11) is -3.84. The molecular formula is C18H23N3O6S. The third-order valence-corrected chi connectivity index (χ3v) is 5.23. The zero-order valence-electron chi connectivity index (χ0n) is 16.0. The van der Waals surface area contributed by atoms with Crippen LogP contribution in [0.5, 0.6) is 0 Å². The number of carboxylic acid groups (broad SMARTS) is 1. The lowest BCUT2D eigenvalue weighted by atomic mass is 10.1. The van der Waals surface area contributed by atoms with Crippen molar-refractivity contribution in [2.75, 3.05) is 0 Å². The number of carbonyl (C=O) groups excluding carboxylic acids is 1. The Morgan fingerprint density at radius 1 is 1.25 bits per heavy atom. The lowest BCUT2D eigenvalue weighted by Gasteiger charge is -2.21. The lowest BCUT2D eigenvalue weighted by Crippen LogP contribution is -2.44. The van der Waals surface area contributed by atoms with Crippen LogP contribution in [0, 0.1) is 6.92 Å². The van der Waals surface area contributed by atoms with Crippen molar-refractivity contribution in [2.24, 2.45) is 0 Å². The minimum absolute atomic E-state index is 0.0868. The van der Waals surface area contributed by atoms with Crippen LogP contribution in [0.1, 0.15) is 32.0 Å². The van der Waals surface area contributed by atoms with Crippen molar-refractivity contribution in [1.82, 2.24) is 14.3 Å². The molecule has 0 saturated heterocycles. The van der Waals surface area contributed by atoms with Crippen molar-refractivity contribution in [3.05, 3.63) is 48.0 Å². The number of aliphatic carboxylic acids is 1. The van der Waals surface area contributed by atoms with Crippen molar-refractivity contribution in [1.29, 1.82) is 0 Å². The van der Waals surface area contributed by atoms with E-state index in [9.17, 15) is 23.1 Å². The number of amides is 1. The predicted octanol–water partition coefficient (Wildman–Crippen LogP) is 1.95. The van der Waals surface area contributed by atoms with E-state index in [0.29, 0.717) is 0 Å². The molecule has 2 aromatic rings. The summed E-state index contributed by atoms with van der Waals surface area (Å²) in [6.45, 7) is 6.80. The molecule has 1 amide bonds. The van der Waals surface area contributed by atoms with E-state index >= 15 is 0 Å². The number of imidazole rings is 1. The number of hydrogen-bond acceptors (Lipinski definition) is 6. The number of aromatic nitrogens is 2. The van der Waals surface area contributed by atoms with Crippen LogP contribution >= 0.6 is 0 Å². The van der Waals surface area contributed by atoms with E-state index in [1.54, 1.807) is 32.9 Å². The smallest absolute Gasteiger partial charge is 0.408 e. The van der Waals surface area contributed by atoms with Gasteiger partial charge in [-0.3, -0.25) is 0 Å². The molecule has 10 heteroatoms. The highest BCUT2D eigenvalue weighted by atomic mass is 32.2. The average molecular weight is 409 g/mol. The highest BCUT2D eigenvalue weighted by Crippen LogP contribution is 2.15. The zero-order chi connectivity index (χ0) is 21.1. The number of aryl methyl sites for hydroxylation is 1. The highest BCUT2D eigenvalue weighted by molar-refractivity contribution is 7.90. The molecular weight excluding hydrogens is 386 g/mol. The van der Waals surface area contributed by atoms with E-state index in [0.717, 1.165) is 15.9 Å². The molecule has 0 radical (unpaired) electrons. The molecule has 1 atom stereocenters. The normalized spacial score (nSPS) is 13.0. The van der Waals surface area contributed by atoms with Crippen LogP contribution in [0.2, 0.25) is 0 Å². The second-order valence-electron chi connectivity index (χ2n) is 7.25. The molecule has 2 N–H and O–H groups in total. The maximum atomic E-state index is 12.6. The van der Waals surface area contributed by atoms with Crippen LogP contribution in [-0.4, -0.2) is 46.2 Å². The topological polar surface area (TPSA) is 128 Å². The SMILES string of the molecule is Cc1ccc(S(=O)(=O)n2cnc(C[C@H](NC(=O)OC(C)(C)C)C(=O)O)c2)cc1. The van der Waals surface area contributed by atoms with E-state index in [2.05, 4.69) is 10.3 Å². The molecule has 152 valence electrons. The molecule has 0 aliphatic carbocycles. The summed E-state index contributed by atoms with van der Waals surface area (Å²) in [4.78, 5) is 27.3. The second kappa shape index (κ2) is 8.01. The second-order valence-corrected chi connectivity index (χ2v) is 9.10. The van der Waals surface area contributed by atoms with Crippen molar-refractivity contribution < 1.29 is 27.9 Å². The molecule has 0 aliphatic heterocycles. The molecule has 0 spiro atoms. The van der Waals surface area contributed by atoms with E-state index in [-0.39, 0.29) is 17.0 Å². The van der Waals surface area contributed by atoms with Gasteiger partial charge in [-0.25, -0.2) is 27.0 Å². The van der Waals surface area contributed by atoms with Crippen LogP contribution in [0.15, 0.2) is 41.7 Å². The third kappa shape index (κ3) is 5.56. The first-order valence-corrected chi connectivity index (χ1v) is 9.90. The standard InChI is InChI=1S/C18H23N3O6S/c1-12-5-7-14(8-6-12)28(25,26)21-10-13(19-11-21)9-15(16(22)23)20-17(24)27-18(2,3)4/h5-8,10-11,15H,9H2,1-4H3,(H,20,24)(H,22,23)/t15-/m0/s1. The maximum absolute atomic E-state index is 12.6. The zero-order valence-corrected chi connectivity index (χ0v) is 16.9. The number of carboxylic acids is 1. The number of nitrogens with zero attached hydrogens (tertiary/aromatic N) is 2. The van der Waals surface area contributed by atoms with Gasteiger partial charge in [0.1, 0.15) is 18.0 Å². The molecule has 0 unspecified atom stereocenters. The van der Waals surface area contributed by atoms with Gasteiger partial charge in [0.25, 0.3) is 10.0 Å². The fourth-order valence-electron chi connectivity index (χ4n) is 2.27. The molecule has 0 aliphatic rings. The Labute approximate surface area is 163 Å². The molecule has 9 nitrogen and oxygen atoms in total. The van der Waals surface area contributed by atoms with E-state index < -0.39 is 33.7 Å². The van der Waals surface area contributed by atoms with Crippen LogP contribution < -0.4 is 5.32 Å². The van der Waals surface area contributed by atoms with Gasteiger partial charge in [0.05, 0.1) is 10.6 Å². The summed E-state index contributed by atoms with van der Waals surface area (Å²) in [6.07, 6.45) is 1.23. The average Bonchev–Trinajstić information content (AvgIpc) is 3.02. The Bertz CT molecular complexity index is 958. The number of rotatable bonds is 6. The first-order chi connectivity index (χ1) is 12.9. The van der Waals surface area contributed by atoms with E-state index in [1.807, 2.05) is 6.92 Å². The van der Waals surface area contributed by atoms with E-state index in [4.69, 9.17) is 4.74 Å². The largest absolute Gasteiger partial charge is 0.480 e. The number of benzene rings is 1. The molecule has 1 aromatic carbocycles. The summed E-state index contributed by atoms with van der Waals surface area (Å²) < 4.78 is 31.2. The van der Waals surface area contributed by atoms with Gasteiger partial charge in [-0.1, -0.05) is 17.7 Å². The van der Waals surface area contributed by atoms with Crippen molar-refractivity contribution in [3.63, 3.8) is 0 Å². The third-order valence-electron chi connectivity index (χ3n) is 3.61. The predicted molar refractivity (Wildman–Crippen MR) is 100 cm³/mol. The Morgan fingerprint density at radius 2 is 1.86 bits per heavy atom. The van der Waals surface area contributed by atoms with Gasteiger partial charge in [0, 0.05) is 12.6 Å². The monoisotopic (exact) mass is 409 g/mol. The van der Waals surface area contributed by atoms with Gasteiger partial charge < -0.3 is 15.2 Å². The maximum Gasteiger partial charge on any atom is 0.408 e. The van der Waals surface area contributed by atoms with E-state index in [1.165, 1.54) is 18.3 Å². The van der Waals surface area contributed by atoms with Gasteiger partial charge in [0.2, 0.25) is 0 Å². The molecule has 0 fully saturated rings. The van der Waals surface area contributed by atoms with Crippen LogP contribution in [0.3, 0.4) is 0 Å². The quantitative estimate of drug-likeness (QED) is 0.746.